The van der Waals surface area contributed by atoms with E-state index in [1.807, 2.05) is 0 Å². The third-order valence-corrected chi connectivity index (χ3v) is 4.67. The van der Waals surface area contributed by atoms with Gasteiger partial charge in [-0.15, -0.1) is 0 Å². The summed E-state index contributed by atoms with van der Waals surface area (Å²) in [6, 6.07) is 18.4. The Labute approximate surface area is 129 Å². The lowest BCUT2D eigenvalue weighted by Crippen LogP contribution is -2.36. The average Bonchev–Trinajstić information content (AvgIpc) is 2.47. The van der Waals surface area contributed by atoms with Crippen LogP contribution in [0.3, 0.4) is 0 Å². The maximum Gasteiger partial charge on any atom is 0.0294 e. The van der Waals surface area contributed by atoms with E-state index in [1.54, 1.807) is 0 Å². The van der Waals surface area contributed by atoms with Crippen molar-refractivity contribution in [3.8, 4) is 0 Å². The van der Waals surface area contributed by atoms with Crippen molar-refractivity contribution in [3.05, 3.63) is 69.7 Å². The summed E-state index contributed by atoms with van der Waals surface area (Å²) in [6.07, 6.45) is 3.57. The molecule has 0 saturated heterocycles. The fourth-order valence-corrected chi connectivity index (χ4v) is 3.48. The molecule has 2 heteroatoms. The van der Waals surface area contributed by atoms with Gasteiger partial charge in [0.2, 0.25) is 0 Å². The molecule has 0 amide bonds. The van der Waals surface area contributed by atoms with E-state index in [1.165, 1.54) is 29.5 Å². The Morgan fingerprint density at radius 1 is 1.10 bits per heavy atom. The third kappa shape index (κ3) is 3.13. The summed E-state index contributed by atoms with van der Waals surface area (Å²) in [5.74, 6) is 0. The van der Waals surface area contributed by atoms with E-state index in [-0.39, 0.29) is 0 Å². The Kier molecular flexibility index (Phi) is 4.23. The Hall–Kier alpha value is -1.12. The Balaban J connectivity index is 1.67. The maximum absolute atomic E-state index is 3.78. The summed E-state index contributed by atoms with van der Waals surface area (Å²) in [6.45, 7) is 2.25. The number of nitrogens with one attached hydrogen (secondary N) is 1. The van der Waals surface area contributed by atoms with Crippen LogP contribution in [0.4, 0.5) is 0 Å². The van der Waals surface area contributed by atoms with Gasteiger partial charge in [0.15, 0.2) is 0 Å². The molecular formula is C18H20BrN. The zero-order valence-corrected chi connectivity index (χ0v) is 13.4. The highest BCUT2D eigenvalue weighted by Crippen LogP contribution is 2.24. The van der Waals surface area contributed by atoms with Crippen LogP contribution in [0.15, 0.2) is 53.0 Å². The lowest BCUT2D eigenvalue weighted by Gasteiger charge is -2.28. The summed E-state index contributed by atoms with van der Waals surface area (Å²) in [4.78, 5) is 0. The van der Waals surface area contributed by atoms with Crippen LogP contribution < -0.4 is 5.32 Å². The van der Waals surface area contributed by atoms with Crippen LogP contribution in [0, 0.1) is 0 Å². The van der Waals surface area contributed by atoms with Crippen molar-refractivity contribution >= 4 is 15.9 Å². The van der Waals surface area contributed by atoms with Crippen molar-refractivity contribution in [3.63, 3.8) is 0 Å². The first-order valence-corrected chi connectivity index (χ1v) is 8.10. The number of hydrogen-bond acceptors (Lipinski definition) is 1. The molecule has 0 bridgehead atoms. The van der Waals surface area contributed by atoms with E-state index < -0.39 is 0 Å². The molecule has 2 atom stereocenters. The largest absolute Gasteiger partial charge is 0.307 e. The highest BCUT2D eigenvalue weighted by Gasteiger charge is 2.19. The van der Waals surface area contributed by atoms with Gasteiger partial charge in [-0.25, -0.2) is 0 Å². The van der Waals surface area contributed by atoms with Crippen LogP contribution in [0.1, 0.15) is 36.1 Å². The molecule has 104 valence electrons. The topological polar surface area (TPSA) is 12.0 Å². The first-order valence-electron chi connectivity index (χ1n) is 7.30. The number of halogens is 1. The van der Waals surface area contributed by atoms with E-state index >= 15 is 0 Å². The average molecular weight is 330 g/mol. The molecule has 0 spiro atoms. The standard InChI is InChI=1S/C18H20BrN/c1-13(15-7-4-8-17(19)11-15)20-18-10-9-14-5-2-3-6-16(14)12-18/h2-8,11,13,18,20H,9-10,12H2,1H3. The predicted molar refractivity (Wildman–Crippen MR) is 87.9 cm³/mol. The monoisotopic (exact) mass is 329 g/mol. The van der Waals surface area contributed by atoms with Crippen LogP contribution in [0.2, 0.25) is 0 Å². The molecule has 2 aromatic carbocycles. The van der Waals surface area contributed by atoms with Crippen LogP contribution in [0.25, 0.3) is 0 Å². The van der Waals surface area contributed by atoms with Gasteiger partial charge in [-0.1, -0.05) is 52.3 Å². The Bertz CT molecular complexity index is 593. The number of aryl methyl sites for hydroxylation is 1. The zero-order chi connectivity index (χ0) is 13.9. The van der Waals surface area contributed by atoms with Crippen LogP contribution >= 0.6 is 15.9 Å². The van der Waals surface area contributed by atoms with Gasteiger partial charge in [0.25, 0.3) is 0 Å². The Morgan fingerprint density at radius 2 is 1.90 bits per heavy atom. The summed E-state index contributed by atoms with van der Waals surface area (Å²) in [7, 11) is 0. The van der Waals surface area contributed by atoms with E-state index in [0.29, 0.717) is 12.1 Å². The predicted octanol–water partition coefficient (Wildman–Crippen LogP) is 4.66. The molecule has 3 rings (SSSR count). The first kappa shape index (κ1) is 13.8. The minimum atomic E-state index is 0.391. The quantitative estimate of drug-likeness (QED) is 0.863. The molecule has 20 heavy (non-hydrogen) atoms. The van der Waals surface area contributed by atoms with Crippen LogP contribution in [-0.4, -0.2) is 6.04 Å². The van der Waals surface area contributed by atoms with Crippen molar-refractivity contribution in [2.24, 2.45) is 0 Å². The van der Waals surface area contributed by atoms with Crippen molar-refractivity contribution in [1.29, 1.82) is 0 Å². The molecule has 2 unspecified atom stereocenters. The fourth-order valence-electron chi connectivity index (χ4n) is 3.07. The van der Waals surface area contributed by atoms with Gasteiger partial charge in [-0.2, -0.15) is 0 Å². The molecule has 0 saturated carbocycles. The van der Waals surface area contributed by atoms with Gasteiger partial charge in [-0.05, 0) is 55.0 Å². The third-order valence-electron chi connectivity index (χ3n) is 4.18. The SMILES string of the molecule is CC(NC1CCc2ccccc2C1)c1cccc(Br)c1. The smallest absolute Gasteiger partial charge is 0.0294 e. The Morgan fingerprint density at radius 3 is 2.70 bits per heavy atom. The molecular weight excluding hydrogens is 310 g/mol. The molecule has 0 radical (unpaired) electrons. The lowest BCUT2D eigenvalue weighted by molar-refractivity contribution is 0.413. The van der Waals surface area contributed by atoms with E-state index in [4.69, 9.17) is 0 Å². The number of benzene rings is 2. The molecule has 1 nitrogen and oxygen atoms in total. The summed E-state index contributed by atoms with van der Waals surface area (Å²) >= 11 is 3.55. The highest BCUT2D eigenvalue weighted by atomic mass is 79.9. The molecule has 0 aliphatic heterocycles. The summed E-state index contributed by atoms with van der Waals surface area (Å²) < 4.78 is 1.15. The lowest BCUT2D eigenvalue weighted by atomic mass is 9.88. The van der Waals surface area contributed by atoms with Crippen LogP contribution in [-0.2, 0) is 12.8 Å². The highest BCUT2D eigenvalue weighted by molar-refractivity contribution is 9.10. The summed E-state index contributed by atoms with van der Waals surface area (Å²) in [5, 5.41) is 3.78. The number of fused-ring (bicyclic) bond motifs is 1. The zero-order valence-electron chi connectivity index (χ0n) is 11.8. The van der Waals surface area contributed by atoms with E-state index in [2.05, 4.69) is 76.7 Å². The maximum atomic E-state index is 3.78. The normalized spacial score (nSPS) is 19.4. The fraction of sp³-hybridized carbons (Fsp3) is 0.333. The molecule has 0 fully saturated rings. The number of rotatable bonds is 3. The molecule has 2 aromatic rings. The second-order valence-corrected chi connectivity index (χ2v) is 6.57. The second kappa shape index (κ2) is 6.11. The van der Waals surface area contributed by atoms with Gasteiger partial charge >= 0.3 is 0 Å². The molecule has 1 N–H and O–H groups in total. The second-order valence-electron chi connectivity index (χ2n) is 5.65. The van der Waals surface area contributed by atoms with Crippen molar-refractivity contribution in [1.82, 2.24) is 5.32 Å². The minimum Gasteiger partial charge on any atom is -0.307 e. The van der Waals surface area contributed by atoms with Gasteiger partial charge in [0.1, 0.15) is 0 Å². The van der Waals surface area contributed by atoms with Gasteiger partial charge in [0, 0.05) is 16.6 Å². The minimum absolute atomic E-state index is 0.391. The van der Waals surface area contributed by atoms with E-state index in [0.717, 1.165) is 10.9 Å². The molecule has 1 aliphatic carbocycles. The van der Waals surface area contributed by atoms with Crippen molar-refractivity contribution in [2.75, 3.05) is 0 Å². The summed E-state index contributed by atoms with van der Waals surface area (Å²) in [5.41, 5.74) is 4.39. The van der Waals surface area contributed by atoms with Crippen molar-refractivity contribution in [2.45, 2.75) is 38.3 Å². The molecule has 0 aromatic heterocycles. The van der Waals surface area contributed by atoms with Gasteiger partial charge in [0.05, 0.1) is 0 Å². The molecule has 0 heterocycles. The van der Waals surface area contributed by atoms with Crippen LogP contribution in [0.5, 0.6) is 0 Å². The van der Waals surface area contributed by atoms with Gasteiger partial charge in [-0.3, -0.25) is 0 Å². The first-order chi connectivity index (χ1) is 9.72. The van der Waals surface area contributed by atoms with E-state index in [9.17, 15) is 0 Å². The number of hydrogen-bond donors (Lipinski definition) is 1. The van der Waals surface area contributed by atoms with Gasteiger partial charge < -0.3 is 5.32 Å². The van der Waals surface area contributed by atoms with Crippen molar-refractivity contribution < 1.29 is 0 Å². The molecule has 1 aliphatic rings.